The number of fused-ring (bicyclic) bond motifs is 1. The van der Waals surface area contributed by atoms with Crippen molar-refractivity contribution in [2.75, 3.05) is 26.2 Å². The smallest absolute Gasteiger partial charge is 0.140 e. The molecule has 2 aromatic heterocycles. The van der Waals surface area contributed by atoms with E-state index in [1.165, 1.54) is 18.5 Å². The summed E-state index contributed by atoms with van der Waals surface area (Å²) in [5.74, 6) is 0.597. The number of H-pyrrole nitrogens is 1. The summed E-state index contributed by atoms with van der Waals surface area (Å²) in [6.07, 6.45) is 6.67. The van der Waals surface area contributed by atoms with Gasteiger partial charge in [-0.3, -0.25) is 0 Å². The fourth-order valence-electron chi connectivity index (χ4n) is 2.87. The molecule has 102 valence electrons. The van der Waals surface area contributed by atoms with Crippen LogP contribution in [0.2, 0.25) is 0 Å². The highest BCUT2D eigenvalue weighted by molar-refractivity contribution is 5.75. The Hall–Kier alpha value is -1.46. The number of piperidine rings is 1. The van der Waals surface area contributed by atoms with E-state index in [9.17, 15) is 0 Å². The number of rotatable bonds is 4. The number of hydrogen-bond donors (Lipinski definition) is 2. The zero-order valence-corrected chi connectivity index (χ0v) is 11.0. The maximum absolute atomic E-state index is 8.86. The van der Waals surface area contributed by atoms with Crippen LogP contribution < -0.4 is 0 Å². The molecular weight excluding hydrogens is 240 g/mol. The Bertz CT molecular complexity index is 498. The quantitative estimate of drug-likeness (QED) is 0.874. The van der Waals surface area contributed by atoms with Crippen LogP contribution in [0.1, 0.15) is 30.9 Å². The minimum absolute atomic E-state index is 0.292. The maximum atomic E-state index is 8.86. The molecule has 0 aliphatic carbocycles. The van der Waals surface area contributed by atoms with E-state index < -0.39 is 0 Å². The van der Waals surface area contributed by atoms with E-state index in [0.717, 1.165) is 37.1 Å². The van der Waals surface area contributed by atoms with Gasteiger partial charge in [0.25, 0.3) is 0 Å². The van der Waals surface area contributed by atoms with Crippen LogP contribution in [0.4, 0.5) is 0 Å². The molecule has 2 N–H and O–H groups in total. The molecule has 1 aliphatic rings. The molecule has 1 aliphatic heterocycles. The number of hydrogen-bond acceptors (Lipinski definition) is 4. The van der Waals surface area contributed by atoms with Gasteiger partial charge < -0.3 is 15.0 Å². The summed E-state index contributed by atoms with van der Waals surface area (Å²) in [6.45, 7) is 3.54. The van der Waals surface area contributed by atoms with Crippen LogP contribution in [-0.4, -0.2) is 51.2 Å². The zero-order valence-electron chi connectivity index (χ0n) is 11.0. The maximum Gasteiger partial charge on any atom is 0.140 e. The number of nitrogens with one attached hydrogen (secondary N) is 1. The number of nitrogens with zero attached hydrogens (tertiary/aromatic N) is 3. The van der Waals surface area contributed by atoms with E-state index in [4.69, 9.17) is 5.11 Å². The standard InChI is InChI=1S/C14H20N4O/c19-7-1-4-18-5-2-11(3-6-18)13-8-12-9-15-10-16-14(12)17-13/h8-11,19H,1-7H2,(H,15,16,17). The molecule has 1 saturated heterocycles. The van der Waals surface area contributed by atoms with Gasteiger partial charge in [-0.2, -0.15) is 0 Å². The Morgan fingerprint density at radius 3 is 2.95 bits per heavy atom. The van der Waals surface area contributed by atoms with Crippen LogP contribution in [0, 0.1) is 0 Å². The average Bonchev–Trinajstić information content (AvgIpc) is 2.89. The number of aliphatic hydroxyl groups excluding tert-OH is 1. The van der Waals surface area contributed by atoms with E-state index in [1.807, 2.05) is 6.20 Å². The number of aromatic nitrogens is 3. The number of aromatic amines is 1. The minimum Gasteiger partial charge on any atom is -0.396 e. The second-order valence-corrected chi connectivity index (χ2v) is 5.24. The van der Waals surface area contributed by atoms with E-state index in [0.29, 0.717) is 12.5 Å². The van der Waals surface area contributed by atoms with Crippen LogP contribution in [0.15, 0.2) is 18.6 Å². The summed E-state index contributed by atoms with van der Waals surface area (Å²) in [4.78, 5) is 14.2. The number of aliphatic hydroxyl groups is 1. The van der Waals surface area contributed by atoms with Crippen molar-refractivity contribution in [1.82, 2.24) is 19.9 Å². The van der Waals surface area contributed by atoms with Gasteiger partial charge in [0.15, 0.2) is 0 Å². The molecule has 0 aromatic carbocycles. The van der Waals surface area contributed by atoms with Crippen LogP contribution in [0.3, 0.4) is 0 Å². The molecule has 0 spiro atoms. The summed E-state index contributed by atoms with van der Waals surface area (Å²) < 4.78 is 0. The van der Waals surface area contributed by atoms with E-state index in [2.05, 4.69) is 25.9 Å². The van der Waals surface area contributed by atoms with Gasteiger partial charge in [-0.15, -0.1) is 0 Å². The summed E-state index contributed by atoms with van der Waals surface area (Å²) in [7, 11) is 0. The normalized spacial score (nSPS) is 18.2. The molecule has 1 fully saturated rings. The van der Waals surface area contributed by atoms with Crippen molar-refractivity contribution < 1.29 is 5.11 Å². The van der Waals surface area contributed by atoms with Crippen molar-refractivity contribution >= 4 is 11.0 Å². The highest BCUT2D eigenvalue weighted by atomic mass is 16.3. The molecule has 3 heterocycles. The lowest BCUT2D eigenvalue weighted by atomic mass is 9.93. The second kappa shape index (κ2) is 5.67. The molecule has 0 unspecified atom stereocenters. The van der Waals surface area contributed by atoms with Crippen LogP contribution in [0.5, 0.6) is 0 Å². The average molecular weight is 260 g/mol. The monoisotopic (exact) mass is 260 g/mol. The van der Waals surface area contributed by atoms with Crippen molar-refractivity contribution in [3.63, 3.8) is 0 Å². The topological polar surface area (TPSA) is 65.0 Å². The Labute approximate surface area is 112 Å². The highest BCUT2D eigenvalue weighted by Crippen LogP contribution is 2.29. The minimum atomic E-state index is 0.292. The fraction of sp³-hybridized carbons (Fsp3) is 0.571. The zero-order chi connectivity index (χ0) is 13.1. The predicted octanol–water partition coefficient (Wildman–Crippen LogP) is 1.52. The van der Waals surface area contributed by atoms with Gasteiger partial charge in [0.2, 0.25) is 0 Å². The van der Waals surface area contributed by atoms with Gasteiger partial charge in [0.1, 0.15) is 12.0 Å². The largest absolute Gasteiger partial charge is 0.396 e. The molecule has 19 heavy (non-hydrogen) atoms. The van der Waals surface area contributed by atoms with Gasteiger partial charge in [0, 0.05) is 36.3 Å². The van der Waals surface area contributed by atoms with Crippen molar-refractivity contribution in [1.29, 1.82) is 0 Å². The lowest BCUT2D eigenvalue weighted by Crippen LogP contribution is -2.34. The predicted molar refractivity (Wildman–Crippen MR) is 74.0 cm³/mol. The first kappa shape index (κ1) is 12.6. The van der Waals surface area contributed by atoms with Gasteiger partial charge in [-0.1, -0.05) is 0 Å². The summed E-state index contributed by atoms with van der Waals surface area (Å²) >= 11 is 0. The van der Waals surface area contributed by atoms with Gasteiger partial charge >= 0.3 is 0 Å². The van der Waals surface area contributed by atoms with Crippen molar-refractivity contribution in [2.24, 2.45) is 0 Å². The molecule has 2 aromatic rings. The lowest BCUT2D eigenvalue weighted by molar-refractivity contribution is 0.187. The Morgan fingerprint density at radius 1 is 1.37 bits per heavy atom. The third-order valence-electron chi connectivity index (χ3n) is 3.97. The summed E-state index contributed by atoms with van der Waals surface area (Å²) in [5.41, 5.74) is 2.23. The highest BCUT2D eigenvalue weighted by Gasteiger charge is 2.21. The number of likely N-dealkylation sites (tertiary alicyclic amines) is 1. The second-order valence-electron chi connectivity index (χ2n) is 5.24. The van der Waals surface area contributed by atoms with E-state index in [-0.39, 0.29) is 0 Å². The van der Waals surface area contributed by atoms with Gasteiger partial charge in [0.05, 0.1) is 0 Å². The van der Waals surface area contributed by atoms with Crippen molar-refractivity contribution in [3.8, 4) is 0 Å². The molecule has 0 radical (unpaired) electrons. The Morgan fingerprint density at radius 2 is 2.21 bits per heavy atom. The molecule has 5 heteroatoms. The van der Waals surface area contributed by atoms with Crippen LogP contribution >= 0.6 is 0 Å². The molecule has 0 amide bonds. The van der Waals surface area contributed by atoms with Gasteiger partial charge in [-0.25, -0.2) is 9.97 Å². The molecule has 3 rings (SSSR count). The third kappa shape index (κ3) is 2.77. The third-order valence-corrected chi connectivity index (χ3v) is 3.97. The molecule has 5 nitrogen and oxygen atoms in total. The Balaban J connectivity index is 1.64. The first-order valence-electron chi connectivity index (χ1n) is 6.98. The first-order chi connectivity index (χ1) is 9.36. The fourth-order valence-corrected chi connectivity index (χ4v) is 2.87. The first-order valence-corrected chi connectivity index (χ1v) is 6.98. The molecule has 0 atom stereocenters. The lowest BCUT2D eigenvalue weighted by Gasteiger charge is -2.31. The van der Waals surface area contributed by atoms with E-state index in [1.54, 1.807) is 6.33 Å². The molecular formula is C14H20N4O. The van der Waals surface area contributed by atoms with E-state index >= 15 is 0 Å². The molecule has 0 bridgehead atoms. The van der Waals surface area contributed by atoms with Crippen LogP contribution in [-0.2, 0) is 0 Å². The van der Waals surface area contributed by atoms with Crippen molar-refractivity contribution in [2.45, 2.75) is 25.2 Å². The Kier molecular flexibility index (Phi) is 3.75. The van der Waals surface area contributed by atoms with Crippen LogP contribution in [0.25, 0.3) is 11.0 Å². The summed E-state index contributed by atoms with van der Waals surface area (Å²) in [6, 6.07) is 2.18. The molecule has 0 saturated carbocycles. The van der Waals surface area contributed by atoms with Gasteiger partial charge in [-0.05, 0) is 38.4 Å². The SMILES string of the molecule is OCCCN1CCC(c2cc3cncnc3[nH]2)CC1. The van der Waals surface area contributed by atoms with Crippen molar-refractivity contribution in [3.05, 3.63) is 24.3 Å². The summed E-state index contributed by atoms with van der Waals surface area (Å²) in [5, 5.41) is 9.96.